The maximum atomic E-state index is 13.2. The molecule has 2 aromatic heterocycles. The predicted octanol–water partition coefficient (Wildman–Crippen LogP) is 4.59. The fourth-order valence-corrected chi connectivity index (χ4v) is 4.09. The monoisotopic (exact) mass is 572 g/mol. The van der Waals surface area contributed by atoms with Gasteiger partial charge in [-0.05, 0) is 43.5 Å². The highest BCUT2D eigenvalue weighted by molar-refractivity contribution is 14.0. The molecule has 1 aliphatic carbocycles. The Hall–Kier alpha value is -2.37. The van der Waals surface area contributed by atoms with Gasteiger partial charge in [0.1, 0.15) is 5.82 Å². The van der Waals surface area contributed by atoms with E-state index in [1.54, 1.807) is 6.07 Å². The minimum atomic E-state index is -4.34. The first-order valence-corrected chi connectivity index (χ1v) is 10.9. The molecule has 2 N–H and O–H groups in total. The second-order valence-corrected chi connectivity index (χ2v) is 8.13. The minimum absolute atomic E-state index is 0. The molecule has 2 heterocycles. The molecule has 33 heavy (non-hydrogen) atoms. The van der Waals surface area contributed by atoms with Crippen molar-refractivity contribution in [2.24, 2.45) is 4.99 Å². The zero-order chi connectivity index (χ0) is 22.6. The van der Waals surface area contributed by atoms with E-state index in [9.17, 15) is 13.2 Å². The lowest BCUT2D eigenvalue weighted by molar-refractivity contribution is -0.137. The van der Waals surface area contributed by atoms with Crippen molar-refractivity contribution in [1.82, 2.24) is 25.2 Å². The average molecular weight is 572 g/mol. The number of halogens is 4. The van der Waals surface area contributed by atoms with Gasteiger partial charge >= 0.3 is 6.18 Å². The van der Waals surface area contributed by atoms with Crippen molar-refractivity contribution in [3.05, 3.63) is 65.6 Å². The summed E-state index contributed by atoms with van der Waals surface area (Å²) in [6.07, 6.45) is 0.919. The van der Waals surface area contributed by atoms with Crippen LogP contribution in [0.15, 0.2) is 53.7 Å². The quantitative estimate of drug-likeness (QED) is 0.247. The Balaban J connectivity index is 0.00000306. The molecular formula is C23H28F3IN6. The number of benzene rings is 1. The number of rotatable bonds is 7. The molecule has 4 rings (SSSR count). The Morgan fingerprint density at radius 1 is 1.12 bits per heavy atom. The third kappa shape index (κ3) is 5.77. The number of hydrogen-bond donors (Lipinski definition) is 2. The first-order valence-electron chi connectivity index (χ1n) is 10.9. The predicted molar refractivity (Wildman–Crippen MR) is 133 cm³/mol. The fourth-order valence-electron chi connectivity index (χ4n) is 4.09. The van der Waals surface area contributed by atoms with Gasteiger partial charge < -0.3 is 10.6 Å². The number of hydrogen-bond acceptors (Lipinski definition) is 3. The maximum absolute atomic E-state index is 13.2. The normalized spacial score (nSPS) is 15.6. The highest BCUT2D eigenvalue weighted by Crippen LogP contribution is 2.45. The van der Waals surface area contributed by atoms with E-state index < -0.39 is 11.7 Å². The summed E-state index contributed by atoms with van der Waals surface area (Å²) in [5.74, 6) is 1.50. The van der Waals surface area contributed by atoms with Gasteiger partial charge in [-0.1, -0.05) is 30.7 Å². The van der Waals surface area contributed by atoms with Crippen LogP contribution in [-0.2, 0) is 18.0 Å². The van der Waals surface area contributed by atoms with Gasteiger partial charge in [-0.3, -0.25) is 9.39 Å². The van der Waals surface area contributed by atoms with E-state index in [0.29, 0.717) is 37.6 Å². The molecule has 1 saturated carbocycles. The number of alkyl halides is 3. The van der Waals surface area contributed by atoms with Gasteiger partial charge in [-0.15, -0.1) is 34.2 Å². The lowest BCUT2D eigenvalue weighted by atomic mass is 9.64. The van der Waals surface area contributed by atoms with Gasteiger partial charge in [0.15, 0.2) is 11.6 Å². The largest absolute Gasteiger partial charge is 0.416 e. The van der Waals surface area contributed by atoms with E-state index in [4.69, 9.17) is 4.99 Å². The van der Waals surface area contributed by atoms with Crippen LogP contribution in [-0.4, -0.2) is 40.2 Å². The molecule has 1 aliphatic rings. The van der Waals surface area contributed by atoms with Crippen LogP contribution in [0.2, 0.25) is 0 Å². The summed E-state index contributed by atoms with van der Waals surface area (Å²) >= 11 is 0. The summed E-state index contributed by atoms with van der Waals surface area (Å²) in [4.78, 5) is 4.73. The van der Waals surface area contributed by atoms with Crippen molar-refractivity contribution in [3.63, 3.8) is 0 Å². The Bertz CT molecular complexity index is 1090. The van der Waals surface area contributed by atoms with Crippen molar-refractivity contribution in [1.29, 1.82) is 0 Å². The zero-order valence-corrected chi connectivity index (χ0v) is 20.7. The molecule has 0 spiro atoms. The molecule has 0 saturated heterocycles. The number of aromatic nitrogens is 3. The zero-order valence-electron chi connectivity index (χ0n) is 18.4. The van der Waals surface area contributed by atoms with Gasteiger partial charge in [0.05, 0.1) is 12.1 Å². The number of nitrogens with zero attached hydrogens (tertiary/aromatic N) is 4. The van der Waals surface area contributed by atoms with Gasteiger partial charge in [-0.25, -0.2) is 0 Å². The van der Waals surface area contributed by atoms with Crippen LogP contribution in [0.25, 0.3) is 5.65 Å². The molecular weight excluding hydrogens is 544 g/mol. The Kier molecular flexibility index (Phi) is 8.19. The molecule has 0 radical (unpaired) electrons. The van der Waals surface area contributed by atoms with E-state index in [1.807, 2.05) is 35.7 Å². The molecule has 0 atom stereocenters. The van der Waals surface area contributed by atoms with E-state index in [-0.39, 0.29) is 29.4 Å². The van der Waals surface area contributed by atoms with Crippen molar-refractivity contribution in [3.8, 4) is 0 Å². The number of guanidine groups is 1. The second-order valence-electron chi connectivity index (χ2n) is 8.13. The van der Waals surface area contributed by atoms with Crippen LogP contribution in [0.5, 0.6) is 0 Å². The van der Waals surface area contributed by atoms with Crippen LogP contribution in [0.3, 0.4) is 0 Å². The van der Waals surface area contributed by atoms with Crippen molar-refractivity contribution >= 4 is 35.6 Å². The lowest BCUT2D eigenvalue weighted by Gasteiger charge is -2.41. The summed E-state index contributed by atoms with van der Waals surface area (Å²) in [7, 11) is 0. The second kappa shape index (κ2) is 10.7. The van der Waals surface area contributed by atoms with Gasteiger partial charge in [0.2, 0.25) is 0 Å². The van der Waals surface area contributed by atoms with Crippen molar-refractivity contribution in [2.75, 3.05) is 19.6 Å². The standard InChI is InChI=1S/C23H27F3N6.HI/c1-2-27-21(28-13-10-20-31-30-19-9-3-4-14-32(19)20)29-16-22(11-6-12-22)17-7-5-8-18(15-17)23(24,25)26;/h3-5,7-9,14-15H,2,6,10-13,16H2,1H3,(H2,27,28,29);1H. The molecule has 10 heteroatoms. The maximum Gasteiger partial charge on any atom is 0.416 e. The first kappa shape index (κ1) is 25.3. The highest BCUT2D eigenvalue weighted by Gasteiger charge is 2.40. The number of aliphatic imine (C=N–C) groups is 1. The minimum Gasteiger partial charge on any atom is -0.357 e. The molecule has 0 aliphatic heterocycles. The van der Waals surface area contributed by atoms with Crippen LogP contribution < -0.4 is 10.6 Å². The molecule has 6 nitrogen and oxygen atoms in total. The lowest BCUT2D eigenvalue weighted by Crippen LogP contribution is -2.42. The third-order valence-corrected chi connectivity index (χ3v) is 6.02. The molecule has 0 amide bonds. The fraction of sp³-hybridized carbons (Fsp3) is 0.435. The molecule has 3 aromatic rings. The molecule has 1 aromatic carbocycles. The molecule has 0 bridgehead atoms. The van der Waals surface area contributed by atoms with Gasteiger partial charge in [0, 0.05) is 31.1 Å². The van der Waals surface area contributed by atoms with E-state index in [2.05, 4.69) is 20.8 Å². The Labute approximate surface area is 208 Å². The smallest absolute Gasteiger partial charge is 0.357 e. The van der Waals surface area contributed by atoms with E-state index in [1.165, 1.54) is 12.1 Å². The Morgan fingerprint density at radius 2 is 1.94 bits per heavy atom. The molecule has 0 unspecified atom stereocenters. The van der Waals surface area contributed by atoms with Crippen LogP contribution >= 0.6 is 24.0 Å². The van der Waals surface area contributed by atoms with Crippen LogP contribution in [0.1, 0.15) is 43.1 Å². The topological polar surface area (TPSA) is 66.6 Å². The van der Waals surface area contributed by atoms with Crippen molar-refractivity contribution < 1.29 is 13.2 Å². The summed E-state index contributed by atoms with van der Waals surface area (Å²) in [6, 6.07) is 11.5. The highest BCUT2D eigenvalue weighted by atomic mass is 127. The summed E-state index contributed by atoms with van der Waals surface area (Å²) in [5.41, 5.74) is 0.576. The number of nitrogens with one attached hydrogen (secondary N) is 2. The summed E-state index contributed by atoms with van der Waals surface area (Å²) < 4.78 is 41.5. The van der Waals surface area contributed by atoms with Crippen LogP contribution in [0.4, 0.5) is 13.2 Å². The first-order chi connectivity index (χ1) is 15.4. The molecule has 1 fully saturated rings. The SMILES string of the molecule is CCNC(=NCC1(c2cccc(C(F)(F)F)c2)CCC1)NCCc1nnc2ccccn12.I. The van der Waals surface area contributed by atoms with Gasteiger partial charge in [0.25, 0.3) is 0 Å². The summed E-state index contributed by atoms with van der Waals surface area (Å²) in [6.45, 7) is 3.72. The average Bonchev–Trinajstić information content (AvgIpc) is 3.16. The number of pyridine rings is 1. The molecule has 178 valence electrons. The summed E-state index contributed by atoms with van der Waals surface area (Å²) in [5, 5.41) is 14.9. The van der Waals surface area contributed by atoms with Crippen LogP contribution in [0, 0.1) is 0 Å². The van der Waals surface area contributed by atoms with E-state index >= 15 is 0 Å². The number of fused-ring (bicyclic) bond motifs is 1. The van der Waals surface area contributed by atoms with Crippen molar-refractivity contribution in [2.45, 2.75) is 44.2 Å². The Morgan fingerprint density at radius 3 is 2.64 bits per heavy atom. The van der Waals surface area contributed by atoms with Gasteiger partial charge in [-0.2, -0.15) is 13.2 Å². The van der Waals surface area contributed by atoms with E-state index in [0.717, 1.165) is 36.8 Å². The third-order valence-electron chi connectivity index (χ3n) is 6.02.